The largest absolute Gasteiger partial charge is 0.289 e. The Labute approximate surface area is 174 Å². The topological polar surface area (TPSA) is 17.1 Å². The SMILES string of the molecule is CCCCCCCCC1=CC2(C=C(CCCCCCCC)C1=O)CC=CCC2. The van der Waals surface area contributed by atoms with Gasteiger partial charge in [-0.25, -0.2) is 0 Å². The molecule has 0 unspecified atom stereocenters. The monoisotopic (exact) mass is 384 g/mol. The molecule has 0 heterocycles. The molecule has 158 valence electrons. The Hall–Kier alpha value is -1.11. The zero-order valence-electron chi connectivity index (χ0n) is 18.7. The van der Waals surface area contributed by atoms with Crippen LogP contribution in [0.3, 0.4) is 0 Å². The van der Waals surface area contributed by atoms with Gasteiger partial charge in [0.05, 0.1) is 0 Å². The average Bonchev–Trinajstić information content (AvgIpc) is 2.71. The maximum atomic E-state index is 13.1. The van der Waals surface area contributed by atoms with Crippen molar-refractivity contribution < 1.29 is 4.79 Å². The fourth-order valence-electron chi connectivity index (χ4n) is 4.77. The van der Waals surface area contributed by atoms with Crippen molar-refractivity contribution in [2.75, 3.05) is 0 Å². The number of unbranched alkanes of at least 4 members (excludes halogenated alkanes) is 10. The van der Waals surface area contributed by atoms with E-state index in [1.54, 1.807) is 0 Å². The molecule has 0 saturated carbocycles. The maximum absolute atomic E-state index is 13.1. The molecule has 0 atom stereocenters. The van der Waals surface area contributed by atoms with Gasteiger partial charge in [-0.05, 0) is 56.1 Å². The van der Waals surface area contributed by atoms with Crippen molar-refractivity contribution in [1.82, 2.24) is 0 Å². The van der Waals surface area contributed by atoms with Crippen molar-refractivity contribution in [3.05, 3.63) is 35.5 Å². The third-order valence-corrected chi connectivity index (χ3v) is 6.55. The Bertz CT molecular complexity index is 513. The van der Waals surface area contributed by atoms with Crippen LogP contribution in [0.2, 0.25) is 0 Å². The summed E-state index contributed by atoms with van der Waals surface area (Å²) < 4.78 is 0. The van der Waals surface area contributed by atoms with E-state index in [9.17, 15) is 4.79 Å². The summed E-state index contributed by atoms with van der Waals surface area (Å²) in [5, 5.41) is 0. The molecule has 0 N–H and O–H groups in total. The van der Waals surface area contributed by atoms with Crippen LogP contribution in [0.5, 0.6) is 0 Å². The Morgan fingerprint density at radius 3 is 1.68 bits per heavy atom. The highest BCUT2D eigenvalue weighted by Gasteiger charge is 2.33. The van der Waals surface area contributed by atoms with Gasteiger partial charge in [-0.3, -0.25) is 4.79 Å². The number of carbonyl (C=O) groups excluding carboxylic acids is 1. The lowest BCUT2D eigenvalue weighted by Crippen LogP contribution is -2.25. The number of allylic oxidation sites excluding steroid dienone is 6. The van der Waals surface area contributed by atoms with Crippen molar-refractivity contribution in [3.63, 3.8) is 0 Å². The molecule has 2 aliphatic carbocycles. The molecule has 0 aromatic rings. The summed E-state index contributed by atoms with van der Waals surface area (Å²) in [6, 6.07) is 0. The van der Waals surface area contributed by atoms with Gasteiger partial charge >= 0.3 is 0 Å². The molecule has 0 aliphatic heterocycles. The summed E-state index contributed by atoms with van der Waals surface area (Å²) in [5.74, 6) is 0.377. The number of hydrogen-bond acceptors (Lipinski definition) is 1. The molecule has 1 nitrogen and oxygen atoms in total. The first-order valence-corrected chi connectivity index (χ1v) is 12.3. The zero-order chi connectivity index (χ0) is 20.1. The van der Waals surface area contributed by atoms with Gasteiger partial charge in [0.15, 0.2) is 5.78 Å². The van der Waals surface area contributed by atoms with Crippen LogP contribution in [-0.4, -0.2) is 5.78 Å². The Balaban J connectivity index is 1.90. The number of ketones is 1. The molecular formula is C27H44O. The van der Waals surface area contributed by atoms with E-state index in [0.29, 0.717) is 5.78 Å². The molecule has 0 aromatic carbocycles. The van der Waals surface area contributed by atoms with Gasteiger partial charge in [-0.15, -0.1) is 0 Å². The second kappa shape index (κ2) is 13.2. The molecule has 0 bridgehead atoms. The van der Waals surface area contributed by atoms with Gasteiger partial charge in [0.25, 0.3) is 0 Å². The van der Waals surface area contributed by atoms with Crippen LogP contribution in [0.4, 0.5) is 0 Å². The summed E-state index contributed by atoms with van der Waals surface area (Å²) in [5.41, 5.74) is 2.40. The third-order valence-electron chi connectivity index (χ3n) is 6.55. The van der Waals surface area contributed by atoms with E-state index in [0.717, 1.165) is 36.8 Å². The van der Waals surface area contributed by atoms with E-state index < -0.39 is 0 Å². The van der Waals surface area contributed by atoms with Gasteiger partial charge in [0.2, 0.25) is 0 Å². The first kappa shape index (κ1) is 23.2. The average molecular weight is 385 g/mol. The molecule has 1 heteroatoms. The number of carbonyl (C=O) groups is 1. The molecule has 0 radical (unpaired) electrons. The maximum Gasteiger partial charge on any atom is 0.184 e. The van der Waals surface area contributed by atoms with E-state index >= 15 is 0 Å². The predicted molar refractivity (Wildman–Crippen MR) is 123 cm³/mol. The van der Waals surface area contributed by atoms with Crippen LogP contribution in [-0.2, 0) is 4.79 Å². The van der Waals surface area contributed by atoms with E-state index in [1.165, 1.54) is 83.5 Å². The lowest BCUT2D eigenvalue weighted by molar-refractivity contribution is -0.112. The quantitative estimate of drug-likeness (QED) is 0.216. The summed E-state index contributed by atoms with van der Waals surface area (Å²) in [6.45, 7) is 4.53. The van der Waals surface area contributed by atoms with Gasteiger partial charge in [0, 0.05) is 5.41 Å². The lowest BCUT2D eigenvalue weighted by atomic mass is 9.70. The van der Waals surface area contributed by atoms with Gasteiger partial charge in [0.1, 0.15) is 0 Å². The standard InChI is InChI=1S/C27H44O/c1-3-5-7-9-11-14-18-24-22-27(20-16-13-17-21-27)23-25(26(24)28)19-15-12-10-8-6-4-2/h13,16,22-23H,3-12,14-15,17-21H2,1-2H3. The summed E-state index contributed by atoms with van der Waals surface area (Å²) in [4.78, 5) is 13.1. The van der Waals surface area contributed by atoms with Gasteiger partial charge in [-0.1, -0.05) is 102 Å². The van der Waals surface area contributed by atoms with E-state index in [4.69, 9.17) is 0 Å². The minimum Gasteiger partial charge on any atom is -0.289 e. The van der Waals surface area contributed by atoms with Gasteiger partial charge < -0.3 is 0 Å². The highest BCUT2D eigenvalue weighted by atomic mass is 16.1. The molecule has 1 spiro atoms. The van der Waals surface area contributed by atoms with E-state index in [2.05, 4.69) is 38.2 Å². The molecule has 2 rings (SSSR count). The summed E-state index contributed by atoms with van der Waals surface area (Å²) in [7, 11) is 0. The predicted octanol–water partition coefficient (Wildman–Crippen LogP) is 8.65. The normalized spacial score (nSPS) is 18.4. The molecular weight excluding hydrogens is 340 g/mol. The first-order valence-electron chi connectivity index (χ1n) is 12.3. The fourth-order valence-corrected chi connectivity index (χ4v) is 4.77. The van der Waals surface area contributed by atoms with Crippen molar-refractivity contribution >= 4 is 5.78 Å². The summed E-state index contributed by atoms with van der Waals surface area (Å²) in [6.07, 6.45) is 30.3. The molecule has 0 aromatic heterocycles. The second-order valence-electron chi connectivity index (χ2n) is 9.15. The van der Waals surface area contributed by atoms with Crippen molar-refractivity contribution in [1.29, 1.82) is 0 Å². The van der Waals surface area contributed by atoms with Crippen LogP contribution >= 0.6 is 0 Å². The summed E-state index contributed by atoms with van der Waals surface area (Å²) >= 11 is 0. The second-order valence-corrected chi connectivity index (χ2v) is 9.15. The number of hydrogen-bond donors (Lipinski definition) is 0. The van der Waals surface area contributed by atoms with E-state index in [1.807, 2.05) is 0 Å². The van der Waals surface area contributed by atoms with Crippen LogP contribution in [0.1, 0.15) is 123 Å². The van der Waals surface area contributed by atoms with Crippen molar-refractivity contribution in [3.8, 4) is 0 Å². The van der Waals surface area contributed by atoms with Crippen molar-refractivity contribution in [2.45, 2.75) is 123 Å². The Morgan fingerprint density at radius 1 is 0.714 bits per heavy atom. The first-order chi connectivity index (χ1) is 13.7. The molecule has 2 aliphatic rings. The minimum absolute atomic E-state index is 0.137. The molecule has 0 saturated heterocycles. The Kier molecular flexibility index (Phi) is 10.9. The number of rotatable bonds is 14. The minimum atomic E-state index is 0.137. The highest BCUT2D eigenvalue weighted by Crippen LogP contribution is 2.42. The highest BCUT2D eigenvalue weighted by molar-refractivity contribution is 6.09. The Morgan fingerprint density at radius 2 is 1.21 bits per heavy atom. The van der Waals surface area contributed by atoms with Crippen molar-refractivity contribution in [2.24, 2.45) is 5.41 Å². The number of Topliss-reactive ketones (excluding diaryl/α,β-unsaturated/α-hetero) is 1. The lowest BCUT2D eigenvalue weighted by Gasteiger charge is -2.34. The van der Waals surface area contributed by atoms with Crippen LogP contribution in [0.15, 0.2) is 35.5 Å². The van der Waals surface area contributed by atoms with Crippen LogP contribution in [0.25, 0.3) is 0 Å². The van der Waals surface area contributed by atoms with E-state index in [-0.39, 0.29) is 5.41 Å². The smallest absolute Gasteiger partial charge is 0.184 e. The van der Waals surface area contributed by atoms with Crippen LogP contribution in [0, 0.1) is 5.41 Å². The molecule has 28 heavy (non-hydrogen) atoms. The van der Waals surface area contributed by atoms with Crippen LogP contribution < -0.4 is 0 Å². The molecule has 0 amide bonds. The van der Waals surface area contributed by atoms with Gasteiger partial charge in [-0.2, -0.15) is 0 Å². The fraction of sp³-hybridized carbons (Fsp3) is 0.741. The zero-order valence-corrected chi connectivity index (χ0v) is 18.7. The molecule has 0 fully saturated rings. The third kappa shape index (κ3) is 7.72.